The molecule has 7 nitrogen and oxygen atoms in total. The molecule has 0 bridgehead atoms. The van der Waals surface area contributed by atoms with Crippen molar-refractivity contribution in [3.8, 4) is 5.75 Å². The Morgan fingerprint density at radius 1 is 1.45 bits per heavy atom. The van der Waals surface area contributed by atoms with E-state index in [1.165, 1.54) is 12.1 Å². The number of aromatic hydroxyl groups is 1. The highest BCUT2D eigenvalue weighted by Gasteiger charge is 2.34. The van der Waals surface area contributed by atoms with E-state index < -0.39 is 5.97 Å². The quantitative estimate of drug-likeness (QED) is 0.614. The molecule has 5 N–H and O–H groups in total. The zero-order chi connectivity index (χ0) is 16.3. The van der Waals surface area contributed by atoms with E-state index in [2.05, 4.69) is 5.32 Å². The maximum absolute atomic E-state index is 12.1. The average Bonchev–Trinajstić information content (AvgIpc) is 2.82. The third-order valence-electron chi connectivity index (χ3n) is 3.77. The smallest absolute Gasteiger partial charge is 0.339 e. The van der Waals surface area contributed by atoms with Gasteiger partial charge in [-0.1, -0.05) is 6.07 Å². The highest BCUT2D eigenvalue weighted by molar-refractivity contribution is 5.90. The van der Waals surface area contributed by atoms with E-state index in [0.717, 1.165) is 5.56 Å². The number of carbonyl (C=O) groups excluding carboxylic acids is 1. The van der Waals surface area contributed by atoms with Gasteiger partial charge in [0.25, 0.3) is 0 Å². The predicted octanol–water partition coefficient (Wildman–Crippen LogP) is 0.128. The van der Waals surface area contributed by atoms with E-state index >= 15 is 0 Å². The minimum Gasteiger partial charge on any atom is -0.507 e. The van der Waals surface area contributed by atoms with Gasteiger partial charge in [-0.2, -0.15) is 0 Å². The number of nitrogens with two attached hydrogens (primary N) is 1. The molecule has 1 aliphatic rings. The molecule has 1 amide bonds. The summed E-state index contributed by atoms with van der Waals surface area (Å²) in [4.78, 5) is 25.1. The number of carboxylic acids is 1. The molecule has 22 heavy (non-hydrogen) atoms. The molecule has 120 valence electrons. The summed E-state index contributed by atoms with van der Waals surface area (Å²) in [5.41, 5.74) is 6.53. The molecule has 0 unspecified atom stereocenters. The van der Waals surface area contributed by atoms with Gasteiger partial charge in [-0.15, -0.1) is 0 Å². The number of nitrogens with one attached hydrogen (secondary N) is 1. The van der Waals surface area contributed by atoms with Gasteiger partial charge in [0.1, 0.15) is 11.3 Å². The van der Waals surface area contributed by atoms with Crippen molar-refractivity contribution in [2.45, 2.75) is 32.0 Å². The standard InChI is InChI=1S/C15H21N3O4/c1-2-17-14(20)12-6-10(16)8-18(12)7-9-3-4-13(19)11(5-9)15(21)22/h3-5,10,12,19H,2,6-8,16H2,1H3,(H,17,20)(H,21,22)/t10-,12+/m1/s1. The van der Waals surface area contributed by atoms with Crippen LogP contribution >= 0.6 is 0 Å². The maximum atomic E-state index is 12.1. The van der Waals surface area contributed by atoms with Crippen LogP contribution in [0.3, 0.4) is 0 Å². The average molecular weight is 307 g/mol. The number of carbonyl (C=O) groups is 2. The Morgan fingerprint density at radius 2 is 2.18 bits per heavy atom. The number of hydrogen-bond donors (Lipinski definition) is 4. The number of likely N-dealkylation sites (N-methyl/N-ethyl adjacent to an activating group) is 1. The molecule has 2 rings (SSSR count). The van der Waals surface area contributed by atoms with Crippen LogP contribution in [0.5, 0.6) is 5.75 Å². The number of nitrogens with zero attached hydrogens (tertiary/aromatic N) is 1. The molecule has 7 heteroatoms. The molecule has 1 aliphatic heterocycles. The Labute approximate surface area is 128 Å². The predicted molar refractivity (Wildman–Crippen MR) is 80.5 cm³/mol. The molecule has 0 aliphatic carbocycles. The van der Waals surface area contributed by atoms with Gasteiger partial charge in [0, 0.05) is 25.7 Å². The Hall–Kier alpha value is -2.12. The van der Waals surface area contributed by atoms with Crippen LogP contribution < -0.4 is 11.1 Å². The number of hydrogen-bond acceptors (Lipinski definition) is 5. The van der Waals surface area contributed by atoms with Crippen molar-refractivity contribution in [2.75, 3.05) is 13.1 Å². The SMILES string of the molecule is CCNC(=O)[C@@H]1C[C@@H](N)CN1Cc1ccc(O)c(C(=O)O)c1. The molecule has 1 aromatic rings. The Kier molecular flexibility index (Phi) is 4.99. The molecule has 1 fully saturated rings. The van der Waals surface area contributed by atoms with Crippen molar-refractivity contribution >= 4 is 11.9 Å². The van der Waals surface area contributed by atoms with E-state index in [1.54, 1.807) is 6.07 Å². The van der Waals surface area contributed by atoms with Gasteiger partial charge in [0.15, 0.2) is 0 Å². The van der Waals surface area contributed by atoms with Gasteiger partial charge < -0.3 is 21.3 Å². The van der Waals surface area contributed by atoms with Crippen molar-refractivity contribution in [1.82, 2.24) is 10.2 Å². The van der Waals surface area contributed by atoms with E-state index in [9.17, 15) is 14.7 Å². The number of aromatic carboxylic acids is 1. The van der Waals surface area contributed by atoms with E-state index in [0.29, 0.717) is 26.1 Å². The summed E-state index contributed by atoms with van der Waals surface area (Å²) in [6, 6.07) is 4.05. The van der Waals surface area contributed by atoms with Gasteiger partial charge in [-0.25, -0.2) is 4.79 Å². The second-order valence-electron chi connectivity index (χ2n) is 5.49. The van der Waals surface area contributed by atoms with Crippen molar-refractivity contribution < 1.29 is 19.8 Å². The summed E-state index contributed by atoms with van der Waals surface area (Å²) >= 11 is 0. The van der Waals surface area contributed by atoms with E-state index in [-0.39, 0.29) is 29.3 Å². The molecule has 1 heterocycles. The van der Waals surface area contributed by atoms with Crippen LogP contribution in [-0.4, -0.2) is 52.2 Å². The molecule has 1 saturated heterocycles. The van der Waals surface area contributed by atoms with Crippen LogP contribution in [0.15, 0.2) is 18.2 Å². The van der Waals surface area contributed by atoms with Crippen LogP contribution in [0, 0.1) is 0 Å². The number of amides is 1. The number of likely N-dealkylation sites (tertiary alicyclic amines) is 1. The maximum Gasteiger partial charge on any atom is 0.339 e. The zero-order valence-electron chi connectivity index (χ0n) is 12.5. The summed E-state index contributed by atoms with van der Waals surface area (Å²) in [6.07, 6.45) is 0.579. The number of phenols is 1. The van der Waals surface area contributed by atoms with Crippen molar-refractivity contribution in [2.24, 2.45) is 5.73 Å². The molecule has 1 aromatic carbocycles. The Morgan fingerprint density at radius 3 is 2.82 bits per heavy atom. The summed E-state index contributed by atoms with van der Waals surface area (Å²) in [6.45, 7) is 3.40. The fraction of sp³-hybridized carbons (Fsp3) is 0.467. The molecule has 2 atom stereocenters. The fourth-order valence-electron chi connectivity index (χ4n) is 2.77. The molecule has 0 saturated carbocycles. The normalized spacial score (nSPS) is 21.7. The van der Waals surface area contributed by atoms with Crippen LogP contribution in [0.4, 0.5) is 0 Å². The molecular formula is C15H21N3O4. The topological polar surface area (TPSA) is 116 Å². The first-order chi connectivity index (χ1) is 10.4. The zero-order valence-corrected chi connectivity index (χ0v) is 12.5. The van der Waals surface area contributed by atoms with Crippen LogP contribution in [0.2, 0.25) is 0 Å². The third-order valence-corrected chi connectivity index (χ3v) is 3.77. The van der Waals surface area contributed by atoms with E-state index in [1.807, 2.05) is 11.8 Å². The van der Waals surface area contributed by atoms with Crippen LogP contribution in [-0.2, 0) is 11.3 Å². The lowest BCUT2D eigenvalue weighted by Gasteiger charge is -2.23. The van der Waals surface area contributed by atoms with Crippen molar-refractivity contribution in [1.29, 1.82) is 0 Å². The first-order valence-electron chi connectivity index (χ1n) is 7.25. The lowest BCUT2D eigenvalue weighted by Crippen LogP contribution is -2.42. The fourth-order valence-corrected chi connectivity index (χ4v) is 2.77. The largest absolute Gasteiger partial charge is 0.507 e. The third kappa shape index (κ3) is 3.55. The highest BCUT2D eigenvalue weighted by Crippen LogP contribution is 2.23. The Balaban J connectivity index is 2.16. The Bertz CT molecular complexity index is 576. The second-order valence-corrected chi connectivity index (χ2v) is 5.49. The van der Waals surface area contributed by atoms with Gasteiger partial charge >= 0.3 is 5.97 Å². The summed E-state index contributed by atoms with van der Waals surface area (Å²) in [5, 5.41) is 21.4. The van der Waals surface area contributed by atoms with E-state index in [4.69, 9.17) is 10.8 Å². The lowest BCUT2D eigenvalue weighted by atomic mass is 10.1. The summed E-state index contributed by atoms with van der Waals surface area (Å²) in [7, 11) is 0. The lowest BCUT2D eigenvalue weighted by molar-refractivity contribution is -0.125. The van der Waals surface area contributed by atoms with Gasteiger partial charge in [-0.05, 0) is 31.0 Å². The monoisotopic (exact) mass is 307 g/mol. The van der Waals surface area contributed by atoms with Gasteiger partial charge in [0.05, 0.1) is 6.04 Å². The van der Waals surface area contributed by atoms with Crippen molar-refractivity contribution in [3.05, 3.63) is 29.3 Å². The first kappa shape index (κ1) is 16.3. The van der Waals surface area contributed by atoms with Crippen LogP contribution in [0.25, 0.3) is 0 Å². The van der Waals surface area contributed by atoms with Gasteiger partial charge in [0.2, 0.25) is 5.91 Å². The molecule has 0 spiro atoms. The number of rotatable bonds is 5. The first-order valence-corrected chi connectivity index (χ1v) is 7.25. The second kappa shape index (κ2) is 6.76. The van der Waals surface area contributed by atoms with Crippen LogP contribution in [0.1, 0.15) is 29.3 Å². The number of carboxylic acid groups (broad SMARTS) is 1. The van der Waals surface area contributed by atoms with Crippen molar-refractivity contribution in [3.63, 3.8) is 0 Å². The molecular weight excluding hydrogens is 286 g/mol. The molecule has 0 aromatic heterocycles. The van der Waals surface area contributed by atoms with Gasteiger partial charge in [-0.3, -0.25) is 9.69 Å². The summed E-state index contributed by atoms with van der Waals surface area (Å²) in [5.74, 6) is -1.51. The number of benzene rings is 1. The molecule has 0 radical (unpaired) electrons. The minimum atomic E-state index is -1.18. The highest BCUT2D eigenvalue weighted by atomic mass is 16.4. The minimum absolute atomic E-state index is 0.0623. The summed E-state index contributed by atoms with van der Waals surface area (Å²) < 4.78 is 0.